The molecular weight excluding hydrogens is 530 g/mol. The quantitative estimate of drug-likeness (QED) is 0.219. The highest BCUT2D eigenvalue weighted by Crippen LogP contribution is 2.59. The summed E-state index contributed by atoms with van der Waals surface area (Å²) in [6.07, 6.45) is 7.36. The van der Waals surface area contributed by atoms with Crippen LogP contribution in [0.5, 0.6) is 0 Å². The summed E-state index contributed by atoms with van der Waals surface area (Å²) in [6.45, 7) is 8.97. The van der Waals surface area contributed by atoms with Crippen molar-refractivity contribution < 1.29 is 0 Å². The van der Waals surface area contributed by atoms with Crippen LogP contribution >= 0.6 is 0 Å². The molecule has 8 heterocycles. The molecule has 0 fully saturated rings. The van der Waals surface area contributed by atoms with Gasteiger partial charge in [0.15, 0.2) is 0 Å². The number of nitrogens with zero attached hydrogens (tertiary/aromatic N) is 7. The molecule has 0 spiro atoms. The fraction of sp³-hybridized carbons (Fsp3) is 0.167. The number of hydrogen-bond acceptors (Lipinski definition) is 7. The molecule has 0 aliphatic carbocycles. The topological polar surface area (TPSA) is 80.6 Å². The van der Waals surface area contributed by atoms with Crippen LogP contribution in [-0.2, 0) is 10.8 Å². The molecule has 0 radical (unpaired) electrons. The Bertz CT molecular complexity index is 1900. The molecule has 0 saturated heterocycles. The van der Waals surface area contributed by atoms with Crippen molar-refractivity contribution in [3.63, 3.8) is 0 Å². The summed E-state index contributed by atoms with van der Waals surface area (Å²) in [4.78, 5) is 31.9. The second-order valence-electron chi connectivity index (χ2n) is 12.1. The van der Waals surface area contributed by atoms with E-state index in [0.29, 0.717) is 0 Å². The maximum Gasteiger partial charge on any atom is 0.141 e. The van der Waals surface area contributed by atoms with E-state index in [0.717, 1.165) is 68.2 Å². The molecule has 6 aromatic heterocycles. The van der Waals surface area contributed by atoms with E-state index in [4.69, 9.17) is 15.0 Å². The average Bonchev–Trinajstić information content (AvgIpc) is 3.05. The number of pyridine rings is 6. The fourth-order valence-electron chi connectivity index (χ4n) is 6.44. The Hall–Kier alpha value is -5.30. The first-order valence-electron chi connectivity index (χ1n) is 14.5. The second kappa shape index (κ2) is 9.10. The number of anilines is 3. The van der Waals surface area contributed by atoms with E-state index < -0.39 is 5.41 Å². The third kappa shape index (κ3) is 3.74. The van der Waals surface area contributed by atoms with Crippen molar-refractivity contribution in [1.82, 2.24) is 29.9 Å². The molecule has 0 N–H and O–H groups in total. The molecule has 208 valence electrons. The monoisotopic (exact) mass is 559 g/mol. The third-order valence-corrected chi connectivity index (χ3v) is 8.76. The van der Waals surface area contributed by atoms with Gasteiger partial charge < -0.3 is 0 Å². The molecule has 0 unspecified atom stereocenters. The Balaban J connectivity index is 1.44. The van der Waals surface area contributed by atoms with E-state index in [1.807, 2.05) is 73.2 Å². The van der Waals surface area contributed by atoms with Gasteiger partial charge >= 0.3 is 0 Å². The largest absolute Gasteiger partial charge is 0.291 e. The van der Waals surface area contributed by atoms with Crippen LogP contribution in [0.1, 0.15) is 50.2 Å². The minimum atomic E-state index is -0.507. The maximum absolute atomic E-state index is 5.34. The third-order valence-electron chi connectivity index (χ3n) is 8.76. The van der Waals surface area contributed by atoms with Gasteiger partial charge in [-0.3, -0.25) is 19.9 Å². The van der Waals surface area contributed by atoms with Gasteiger partial charge in [0.05, 0.1) is 56.6 Å². The standard InChI is InChI=1S/C36H29N7/c1-35(2)23-20-29(27-13-7-10-18-39-27)42-33-31(23)43(34-24(35)19-22(21-40-34)25-11-5-8-16-37-25)30-15-14-28(26-12-6-9-17-38-26)41-32(30)36(33,3)4/h5-21H,1-4H3. The Morgan fingerprint density at radius 2 is 1.16 bits per heavy atom. The lowest BCUT2D eigenvalue weighted by Crippen LogP contribution is -2.40. The molecule has 8 rings (SSSR count). The highest BCUT2D eigenvalue weighted by molar-refractivity contribution is 5.91. The number of fused-ring (bicyclic) bond motifs is 4. The van der Waals surface area contributed by atoms with Crippen LogP contribution in [0.15, 0.2) is 104 Å². The first-order valence-corrected chi connectivity index (χ1v) is 14.5. The zero-order chi connectivity index (χ0) is 29.3. The van der Waals surface area contributed by atoms with Gasteiger partial charge in [-0.05, 0) is 80.1 Å². The predicted octanol–water partition coefficient (Wildman–Crippen LogP) is 7.81. The molecule has 2 aliphatic rings. The number of hydrogen-bond donors (Lipinski definition) is 0. The molecule has 7 nitrogen and oxygen atoms in total. The molecule has 6 aromatic rings. The smallest absolute Gasteiger partial charge is 0.141 e. The average molecular weight is 560 g/mol. The van der Waals surface area contributed by atoms with Crippen molar-refractivity contribution in [3.05, 3.63) is 126 Å². The van der Waals surface area contributed by atoms with Crippen molar-refractivity contribution in [2.45, 2.75) is 38.5 Å². The highest BCUT2D eigenvalue weighted by atomic mass is 15.2. The minimum absolute atomic E-state index is 0.380. The lowest BCUT2D eigenvalue weighted by atomic mass is 9.69. The van der Waals surface area contributed by atoms with E-state index in [1.54, 1.807) is 6.20 Å². The van der Waals surface area contributed by atoms with Crippen molar-refractivity contribution in [2.24, 2.45) is 0 Å². The Labute approximate surface area is 250 Å². The summed E-state index contributed by atoms with van der Waals surface area (Å²) in [5, 5.41) is 0. The summed E-state index contributed by atoms with van der Waals surface area (Å²) in [5.41, 5.74) is 10.6. The molecule has 2 aliphatic heterocycles. The molecule has 0 bridgehead atoms. The minimum Gasteiger partial charge on any atom is -0.291 e. The molecule has 7 heteroatoms. The molecule has 0 aromatic carbocycles. The van der Waals surface area contributed by atoms with Gasteiger partial charge in [0.2, 0.25) is 0 Å². The van der Waals surface area contributed by atoms with E-state index in [-0.39, 0.29) is 5.41 Å². The van der Waals surface area contributed by atoms with Crippen LogP contribution in [0.3, 0.4) is 0 Å². The van der Waals surface area contributed by atoms with Gasteiger partial charge in [0, 0.05) is 41.3 Å². The summed E-state index contributed by atoms with van der Waals surface area (Å²) in [5.74, 6) is 0.884. The molecule has 0 saturated carbocycles. The van der Waals surface area contributed by atoms with Crippen molar-refractivity contribution >= 4 is 17.2 Å². The zero-order valence-corrected chi connectivity index (χ0v) is 24.4. The van der Waals surface area contributed by atoms with Gasteiger partial charge in [-0.15, -0.1) is 0 Å². The lowest BCUT2D eigenvalue weighted by Gasteiger charge is -2.47. The van der Waals surface area contributed by atoms with Crippen molar-refractivity contribution in [2.75, 3.05) is 4.90 Å². The van der Waals surface area contributed by atoms with E-state index in [2.05, 4.69) is 71.8 Å². The Kier molecular flexibility index (Phi) is 5.38. The number of aromatic nitrogens is 6. The summed E-state index contributed by atoms with van der Waals surface area (Å²) in [6, 6.07) is 26.5. The Morgan fingerprint density at radius 3 is 1.81 bits per heavy atom. The molecule has 0 atom stereocenters. The highest BCUT2D eigenvalue weighted by Gasteiger charge is 2.48. The van der Waals surface area contributed by atoms with Gasteiger partial charge in [-0.1, -0.05) is 32.0 Å². The summed E-state index contributed by atoms with van der Waals surface area (Å²) < 4.78 is 0. The summed E-state index contributed by atoms with van der Waals surface area (Å²) >= 11 is 0. The van der Waals surface area contributed by atoms with Crippen LogP contribution in [-0.4, -0.2) is 29.9 Å². The lowest BCUT2D eigenvalue weighted by molar-refractivity contribution is 0.565. The van der Waals surface area contributed by atoms with Crippen LogP contribution in [0.4, 0.5) is 17.2 Å². The van der Waals surface area contributed by atoms with E-state index in [1.165, 1.54) is 5.56 Å². The number of rotatable bonds is 3. The van der Waals surface area contributed by atoms with Gasteiger partial charge in [0.1, 0.15) is 5.82 Å². The van der Waals surface area contributed by atoms with Crippen LogP contribution < -0.4 is 4.90 Å². The van der Waals surface area contributed by atoms with Crippen LogP contribution in [0, 0.1) is 0 Å². The van der Waals surface area contributed by atoms with Crippen LogP contribution in [0.2, 0.25) is 0 Å². The van der Waals surface area contributed by atoms with E-state index >= 15 is 0 Å². The van der Waals surface area contributed by atoms with Gasteiger partial charge in [0.25, 0.3) is 0 Å². The normalized spacial score (nSPS) is 15.3. The van der Waals surface area contributed by atoms with Gasteiger partial charge in [-0.25, -0.2) is 15.0 Å². The SMILES string of the molecule is CC1(C)c2cc(-c3ccccn3)cnc2N2c3ccc(-c4ccccn4)nc3C(C)(C)c3nc(-c4ccccn4)cc1c32. The molecular formula is C36H29N7. The predicted molar refractivity (Wildman–Crippen MR) is 168 cm³/mol. The zero-order valence-electron chi connectivity index (χ0n) is 24.4. The van der Waals surface area contributed by atoms with Crippen molar-refractivity contribution in [3.8, 4) is 34.0 Å². The first-order chi connectivity index (χ1) is 20.8. The maximum atomic E-state index is 5.34. The summed E-state index contributed by atoms with van der Waals surface area (Å²) in [7, 11) is 0. The van der Waals surface area contributed by atoms with Crippen molar-refractivity contribution in [1.29, 1.82) is 0 Å². The second-order valence-corrected chi connectivity index (χ2v) is 12.1. The molecule has 0 amide bonds. The Morgan fingerprint density at radius 1 is 0.535 bits per heavy atom. The first kappa shape index (κ1) is 25.4. The van der Waals surface area contributed by atoms with Crippen LogP contribution in [0.25, 0.3) is 34.0 Å². The molecule has 43 heavy (non-hydrogen) atoms. The van der Waals surface area contributed by atoms with E-state index in [9.17, 15) is 0 Å². The van der Waals surface area contributed by atoms with Gasteiger partial charge in [-0.2, -0.15) is 0 Å². The fourth-order valence-corrected chi connectivity index (χ4v) is 6.44.